The van der Waals surface area contributed by atoms with Crippen LogP contribution in [0.25, 0.3) is 11.2 Å². The standard InChI is InChI=1S/C18H19ClN4O4/c1-3-4-9-23-15-14(16(24)21-18(23)26)22(2)13(20-15)10-27-17(25)11-5-7-12(19)8-6-11/h5-8H,3-4,9-10H2,1-2H3,(H,21,24,26). The number of H-pyrrole nitrogens is 1. The van der Waals surface area contributed by atoms with Crippen molar-refractivity contribution in [3.8, 4) is 0 Å². The maximum atomic E-state index is 12.2. The van der Waals surface area contributed by atoms with Crippen LogP contribution in [0.2, 0.25) is 5.02 Å². The van der Waals surface area contributed by atoms with Crippen molar-refractivity contribution in [1.29, 1.82) is 0 Å². The zero-order valence-corrected chi connectivity index (χ0v) is 15.7. The van der Waals surface area contributed by atoms with Crippen LogP contribution in [0.3, 0.4) is 0 Å². The Morgan fingerprint density at radius 3 is 2.63 bits per heavy atom. The van der Waals surface area contributed by atoms with E-state index >= 15 is 0 Å². The van der Waals surface area contributed by atoms with Gasteiger partial charge in [0.1, 0.15) is 12.4 Å². The third kappa shape index (κ3) is 3.80. The van der Waals surface area contributed by atoms with E-state index in [1.165, 1.54) is 9.13 Å². The van der Waals surface area contributed by atoms with E-state index in [2.05, 4.69) is 9.97 Å². The molecule has 2 heterocycles. The second kappa shape index (κ2) is 7.79. The Bertz CT molecular complexity index is 1100. The van der Waals surface area contributed by atoms with Gasteiger partial charge in [-0.1, -0.05) is 24.9 Å². The molecule has 0 radical (unpaired) electrons. The molecule has 0 spiro atoms. The summed E-state index contributed by atoms with van der Waals surface area (Å²) in [6.45, 7) is 2.33. The van der Waals surface area contributed by atoms with Crippen molar-refractivity contribution in [1.82, 2.24) is 19.1 Å². The number of aryl methyl sites for hydroxylation is 2. The van der Waals surface area contributed by atoms with Crippen LogP contribution in [0.5, 0.6) is 0 Å². The number of fused-ring (bicyclic) bond motifs is 1. The average Bonchev–Trinajstić information content (AvgIpc) is 2.97. The third-order valence-corrected chi connectivity index (χ3v) is 4.51. The molecule has 27 heavy (non-hydrogen) atoms. The van der Waals surface area contributed by atoms with E-state index in [1.54, 1.807) is 31.3 Å². The molecule has 0 aliphatic carbocycles. The van der Waals surface area contributed by atoms with Crippen molar-refractivity contribution in [2.45, 2.75) is 32.9 Å². The molecule has 3 aromatic rings. The van der Waals surface area contributed by atoms with Gasteiger partial charge in [0.15, 0.2) is 11.2 Å². The quantitative estimate of drug-likeness (QED) is 0.651. The summed E-state index contributed by atoms with van der Waals surface area (Å²) in [6.07, 6.45) is 1.67. The topological polar surface area (TPSA) is 99.0 Å². The summed E-state index contributed by atoms with van der Waals surface area (Å²) in [4.78, 5) is 43.2. The first-order valence-electron chi connectivity index (χ1n) is 8.53. The third-order valence-electron chi connectivity index (χ3n) is 4.25. The zero-order chi connectivity index (χ0) is 19.6. The molecule has 1 N–H and O–H groups in total. The monoisotopic (exact) mass is 390 g/mol. The Balaban J connectivity index is 1.91. The fourth-order valence-electron chi connectivity index (χ4n) is 2.74. The predicted molar refractivity (Wildman–Crippen MR) is 101 cm³/mol. The first-order chi connectivity index (χ1) is 12.9. The van der Waals surface area contributed by atoms with E-state index in [4.69, 9.17) is 16.3 Å². The predicted octanol–water partition coefficient (Wildman–Crippen LogP) is 2.23. The van der Waals surface area contributed by atoms with Gasteiger partial charge in [-0.2, -0.15) is 0 Å². The van der Waals surface area contributed by atoms with Crippen LogP contribution in [-0.2, 0) is 24.9 Å². The summed E-state index contributed by atoms with van der Waals surface area (Å²) in [7, 11) is 1.64. The number of hydrogen-bond acceptors (Lipinski definition) is 5. The molecule has 0 atom stereocenters. The van der Waals surface area contributed by atoms with Crippen molar-refractivity contribution in [2.24, 2.45) is 7.05 Å². The highest BCUT2D eigenvalue weighted by Crippen LogP contribution is 2.14. The number of imidazole rings is 1. The van der Waals surface area contributed by atoms with Crippen LogP contribution in [0.1, 0.15) is 35.9 Å². The number of halogens is 1. The maximum Gasteiger partial charge on any atom is 0.338 e. The fourth-order valence-corrected chi connectivity index (χ4v) is 2.87. The van der Waals surface area contributed by atoms with Gasteiger partial charge in [0.05, 0.1) is 5.56 Å². The maximum absolute atomic E-state index is 12.2. The van der Waals surface area contributed by atoms with Gasteiger partial charge in [-0.15, -0.1) is 0 Å². The van der Waals surface area contributed by atoms with Gasteiger partial charge in [-0.3, -0.25) is 14.3 Å². The second-order valence-corrected chi connectivity index (χ2v) is 6.54. The molecule has 142 valence electrons. The van der Waals surface area contributed by atoms with Crippen LogP contribution in [0.4, 0.5) is 0 Å². The second-order valence-electron chi connectivity index (χ2n) is 6.11. The first kappa shape index (κ1) is 18.9. The number of ether oxygens (including phenoxy) is 1. The van der Waals surface area contributed by atoms with Gasteiger partial charge in [-0.25, -0.2) is 14.6 Å². The molecule has 0 fully saturated rings. The van der Waals surface area contributed by atoms with Gasteiger partial charge in [0.25, 0.3) is 5.56 Å². The molecular weight excluding hydrogens is 372 g/mol. The van der Waals surface area contributed by atoms with Crippen LogP contribution in [0, 0.1) is 0 Å². The average molecular weight is 391 g/mol. The van der Waals surface area contributed by atoms with Crippen LogP contribution < -0.4 is 11.2 Å². The van der Waals surface area contributed by atoms with Crippen LogP contribution in [-0.4, -0.2) is 25.1 Å². The fraction of sp³-hybridized carbons (Fsp3) is 0.333. The van der Waals surface area contributed by atoms with E-state index in [9.17, 15) is 14.4 Å². The van der Waals surface area contributed by atoms with Crippen LogP contribution in [0.15, 0.2) is 33.9 Å². The molecule has 3 rings (SSSR count). The molecule has 0 saturated carbocycles. The van der Waals surface area contributed by atoms with Crippen molar-refractivity contribution in [3.05, 3.63) is 61.5 Å². The van der Waals surface area contributed by atoms with Crippen molar-refractivity contribution in [2.75, 3.05) is 0 Å². The molecule has 0 bridgehead atoms. The van der Waals surface area contributed by atoms with Gasteiger partial charge in [0, 0.05) is 18.6 Å². The molecule has 9 heteroatoms. The minimum atomic E-state index is -0.531. The lowest BCUT2D eigenvalue weighted by Gasteiger charge is -2.05. The van der Waals surface area contributed by atoms with E-state index in [-0.39, 0.29) is 17.8 Å². The summed E-state index contributed by atoms with van der Waals surface area (Å²) < 4.78 is 8.26. The van der Waals surface area contributed by atoms with Crippen molar-refractivity contribution < 1.29 is 9.53 Å². The number of nitrogens with one attached hydrogen (secondary N) is 1. The molecule has 2 aromatic heterocycles. The highest BCUT2D eigenvalue weighted by Gasteiger charge is 2.17. The SMILES string of the molecule is CCCCn1c(=O)[nH]c(=O)c2c1nc(COC(=O)c1ccc(Cl)cc1)n2C. The van der Waals surface area contributed by atoms with Gasteiger partial charge >= 0.3 is 11.7 Å². The molecule has 1 aromatic carbocycles. The highest BCUT2D eigenvalue weighted by atomic mass is 35.5. The molecular formula is C18H19ClN4O4. The van der Waals surface area contributed by atoms with Crippen molar-refractivity contribution in [3.63, 3.8) is 0 Å². The number of carbonyl (C=O) groups is 1. The Morgan fingerprint density at radius 1 is 1.26 bits per heavy atom. The normalized spacial score (nSPS) is 11.1. The Hall–Kier alpha value is -2.87. The van der Waals surface area contributed by atoms with Gasteiger partial charge < -0.3 is 9.30 Å². The molecule has 0 saturated heterocycles. The van der Waals surface area contributed by atoms with E-state index in [1.807, 2.05) is 6.92 Å². The number of aromatic amines is 1. The number of aromatic nitrogens is 4. The summed E-state index contributed by atoms with van der Waals surface area (Å²) in [6, 6.07) is 6.32. The van der Waals surface area contributed by atoms with Crippen LogP contribution >= 0.6 is 11.6 Å². The first-order valence-corrected chi connectivity index (χ1v) is 8.91. The zero-order valence-electron chi connectivity index (χ0n) is 15.0. The molecule has 0 aliphatic rings. The summed E-state index contributed by atoms with van der Waals surface area (Å²) in [5, 5.41) is 0.520. The lowest BCUT2D eigenvalue weighted by Crippen LogP contribution is -2.31. The lowest BCUT2D eigenvalue weighted by molar-refractivity contribution is 0.0459. The Kier molecular flexibility index (Phi) is 5.46. The molecule has 0 amide bonds. The summed E-state index contributed by atoms with van der Waals surface area (Å²) in [5.41, 5.74) is -0.104. The largest absolute Gasteiger partial charge is 0.454 e. The Labute approximate surface area is 159 Å². The number of rotatable bonds is 6. The highest BCUT2D eigenvalue weighted by molar-refractivity contribution is 6.30. The molecule has 0 unspecified atom stereocenters. The number of esters is 1. The Morgan fingerprint density at radius 2 is 1.96 bits per heavy atom. The molecule has 8 nitrogen and oxygen atoms in total. The van der Waals surface area contributed by atoms with Crippen molar-refractivity contribution >= 4 is 28.7 Å². The number of hydrogen-bond donors (Lipinski definition) is 1. The lowest BCUT2D eigenvalue weighted by atomic mass is 10.2. The van der Waals surface area contributed by atoms with E-state index < -0.39 is 17.2 Å². The number of nitrogens with zero attached hydrogens (tertiary/aromatic N) is 3. The number of benzene rings is 1. The van der Waals surface area contributed by atoms with Gasteiger partial charge in [-0.05, 0) is 30.7 Å². The smallest absolute Gasteiger partial charge is 0.338 e. The molecule has 0 aliphatic heterocycles. The summed E-state index contributed by atoms with van der Waals surface area (Å²) >= 11 is 5.81. The minimum absolute atomic E-state index is 0.131. The van der Waals surface area contributed by atoms with E-state index in [0.29, 0.717) is 23.0 Å². The van der Waals surface area contributed by atoms with Gasteiger partial charge in [0.2, 0.25) is 0 Å². The minimum Gasteiger partial charge on any atom is -0.454 e. The number of unbranched alkanes of at least 4 members (excludes halogenated alkanes) is 1. The number of carbonyl (C=O) groups excluding carboxylic acids is 1. The summed E-state index contributed by atoms with van der Waals surface area (Å²) in [5.74, 6) is -0.162. The van der Waals surface area contributed by atoms with E-state index in [0.717, 1.165) is 12.8 Å².